The van der Waals surface area contributed by atoms with E-state index in [0.717, 1.165) is 0 Å². The molecule has 2 amide bonds. The van der Waals surface area contributed by atoms with Gasteiger partial charge in [-0.05, 0) is 35.9 Å². The largest absolute Gasteiger partial charge is 0.325 e. The maximum atomic E-state index is 11.4. The van der Waals surface area contributed by atoms with Gasteiger partial charge >= 0.3 is 0 Å². The second kappa shape index (κ2) is 8.52. The summed E-state index contributed by atoms with van der Waals surface area (Å²) >= 11 is 12.1. The quantitative estimate of drug-likeness (QED) is 0.573. The van der Waals surface area contributed by atoms with E-state index in [0.29, 0.717) is 38.1 Å². The van der Waals surface area contributed by atoms with E-state index in [1.807, 2.05) is 0 Å². The van der Waals surface area contributed by atoms with Crippen LogP contribution in [-0.4, -0.2) is 11.8 Å². The molecule has 0 aromatic heterocycles. The lowest BCUT2D eigenvalue weighted by Gasteiger charge is -2.11. The van der Waals surface area contributed by atoms with Crippen LogP contribution in [0, 0.1) is 11.3 Å². The van der Waals surface area contributed by atoms with E-state index in [2.05, 4.69) is 16.7 Å². The molecule has 0 saturated heterocycles. The second-order valence-electron chi connectivity index (χ2n) is 5.46. The van der Waals surface area contributed by atoms with Gasteiger partial charge in [0.1, 0.15) is 0 Å². The summed E-state index contributed by atoms with van der Waals surface area (Å²) in [5.74, 6) is -0.537. The zero-order valence-corrected chi connectivity index (χ0v) is 15.6. The Bertz CT molecular complexity index is 946. The van der Waals surface area contributed by atoms with Gasteiger partial charge < -0.3 is 10.6 Å². The van der Waals surface area contributed by atoms with Crippen LogP contribution in [0.4, 0.5) is 11.4 Å². The maximum absolute atomic E-state index is 11.4. The first-order valence-electron chi connectivity index (χ1n) is 7.56. The van der Waals surface area contributed by atoms with Crippen LogP contribution < -0.4 is 10.6 Å². The molecule has 2 aromatic rings. The van der Waals surface area contributed by atoms with E-state index in [4.69, 9.17) is 23.2 Å². The molecule has 0 aliphatic heterocycles. The van der Waals surface area contributed by atoms with E-state index < -0.39 is 0 Å². The van der Waals surface area contributed by atoms with Crippen molar-refractivity contribution < 1.29 is 9.59 Å². The number of carbonyl (C=O) groups excluding carboxylic acids is 2. The predicted molar refractivity (Wildman–Crippen MR) is 105 cm³/mol. The van der Waals surface area contributed by atoms with Crippen LogP contribution >= 0.6 is 23.2 Å². The third-order valence-electron chi connectivity index (χ3n) is 3.32. The lowest BCUT2D eigenvalue weighted by Crippen LogP contribution is -2.12. The first-order chi connectivity index (χ1) is 12.3. The fourth-order valence-electron chi connectivity index (χ4n) is 2.29. The highest BCUT2D eigenvalue weighted by molar-refractivity contribution is 6.36. The Kier molecular flexibility index (Phi) is 6.40. The van der Waals surface area contributed by atoms with Gasteiger partial charge in [0.2, 0.25) is 11.8 Å². The van der Waals surface area contributed by atoms with E-state index in [-0.39, 0.29) is 11.8 Å². The topological polar surface area (TPSA) is 82.0 Å². The standard InChI is InChI=1S/C19H15Cl2N3O2/c1-11(25)23-18-6-3-13(8-19(18)24-12(2)26)7-14(10-22)16-5-4-15(20)9-17(16)21/h3-9H,1-2H3,(H,23,25)(H,24,26). The van der Waals surface area contributed by atoms with Gasteiger partial charge in [0, 0.05) is 24.4 Å². The number of anilines is 2. The van der Waals surface area contributed by atoms with Crippen molar-refractivity contribution in [1.29, 1.82) is 5.26 Å². The smallest absolute Gasteiger partial charge is 0.221 e. The summed E-state index contributed by atoms with van der Waals surface area (Å²) in [6.45, 7) is 2.75. The molecule has 2 aromatic carbocycles. The minimum absolute atomic E-state index is 0.259. The molecule has 0 unspecified atom stereocenters. The lowest BCUT2D eigenvalue weighted by molar-refractivity contribution is -0.115. The second-order valence-corrected chi connectivity index (χ2v) is 6.31. The highest BCUT2D eigenvalue weighted by Gasteiger charge is 2.10. The molecule has 5 nitrogen and oxygen atoms in total. The van der Waals surface area contributed by atoms with Crippen molar-refractivity contribution in [3.8, 4) is 6.07 Å². The van der Waals surface area contributed by atoms with Gasteiger partial charge in [-0.15, -0.1) is 0 Å². The van der Waals surface area contributed by atoms with Crippen molar-refractivity contribution in [1.82, 2.24) is 0 Å². The van der Waals surface area contributed by atoms with Gasteiger partial charge in [-0.2, -0.15) is 5.26 Å². The molecule has 132 valence electrons. The van der Waals surface area contributed by atoms with Crippen molar-refractivity contribution in [3.05, 3.63) is 57.6 Å². The van der Waals surface area contributed by atoms with Gasteiger partial charge in [0.25, 0.3) is 0 Å². The monoisotopic (exact) mass is 387 g/mol. The van der Waals surface area contributed by atoms with Gasteiger partial charge in [0.05, 0.1) is 28.0 Å². The third kappa shape index (κ3) is 5.09. The summed E-state index contributed by atoms with van der Waals surface area (Å²) in [7, 11) is 0. The average molecular weight is 388 g/mol. The Morgan fingerprint density at radius 2 is 1.65 bits per heavy atom. The van der Waals surface area contributed by atoms with Crippen LogP contribution in [0.1, 0.15) is 25.0 Å². The molecule has 26 heavy (non-hydrogen) atoms. The van der Waals surface area contributed by atoms with Crippen molar-refractivity contribution in [2.75, 3.05) is 10.6 Å². The number of rotatable bonds is 4. The van der Waals surface area contributed by atoms with E-state index in [1.54, 1.807) is 42.5 Å². The molecular formula is C19H15Cl2N3O2. The molecule has 0 saturated carbocycles. The number of nitrogens with zero attached hydrogens (tertiary/aromatic N) is 1. The summed E-state index contributed by atoms with van der Waals surface area (Å²) in [5, 5.41) is 15.6. The fourth-order valence-corrected chi connectivity index (χ4v) is 2.80. The van der Waals surface area contributed by atoms with Crippen LogP contribution in [0.2, 0.25) is 10.0 Å². The SMILES string of the molecule is CC(=O)Nc1ccc(C=C(C#N)c2ccc(Cl)cc2Cl)cc1NC(C)=O. The highest BCUT2D eigenvalue weighted by atomic mass is 35.5. The number of hydrogen-bond donors (Lipinski definition) is 2. The van der Waals surface area contributed by atoms with Crippen molar-refractivity contribution in [2.45, 2.75) is 13.8 Å². The van der Waals surface area contributed by atoms with E-state index in [9.17, 15) is 14.9 Å². The molecular weight excluding hydrogens is 373 g/mol. The number of hydrogen-bond acceptors (Lipinski definition) is 3. The van der Waals surface area contributed by atoms with Gasteiger partial charge in [-0.3, -0.25) is 9.59 Å². The van der Waals surface area contributed by atoms with Gasteiger partial charge in [-0.1, -0.05) is 35.3 Å². The third-order valence-corrected chi connectivity index (χ3v) is 3.87. The number of nitrogens with one attached hydrogen (secondary N) is 2. The summed E-state index contributed by atoms with van der Waals surface area (Å²) in [5.41, 5.74) is 2.44. The molecule has 2 rings (SSSR count). The van der Waals surface area contributed by atoms with Crippen LogP contribution in [-0.2, 0) is 9.59 Å². The maximum Gasteiger partial charge on any atom is 0.221 e. The first-order valence-corrected chi connectivity index (χ1v) is 8.32. The highest BCUT2D eigenvalue weighted by Crippen LogP contribution is 2.30. The molecule has 7 heteroatoms. The Balaban J connectivity index is 2.49. The molecule has 0 radical (unpaired) electrons. The van der Waals surface area contributed by atoms with Crippen LogP contribution in [0.25, 0.3) is 11.6 Å². The van der Waals surface area contributed by atoms with Crippen LogP contribution in [0.3, 0.4) is 0 Å². The lowest BCUT2D eigenvalue weighted by atomic mass is 10.0. The zero-order valence-electron chi connectivity index (χ0n) is 14.1. The van der Waals surface area contributed by atoms with E-state index in [1.165, 1.54) is 13.8 Å². The molecule has 0 aliphatic rings. The van der Waals surface area contributed by atoms with Crippen molar-refractivity contribution in [3.63, 3.8) is 0 Å². The summed E-state index contributed by atoms with van der Waals surface area (Å²) in [4.78, 5) is 22.7. The van der Waals surface area contributed by atoms with Crippen molar-refractivity contribution >= 4 is 58.0 Å². The molecule has 0 fully saturated rings. The Morgan fingerprint density at radius 1 is 1.00 bits per heavy atom. The Labute approximate surface area is 161 Å². The summed E-state index contributed by atoms with van der Waals surface area (Å²) in [6, 6.07) is 12.0. The van der Waals surface area contributed by atoms with E-state index >= 15 is 0 Å². The molecule has 0 bridgehead atoms. The number of amides is 2. The Hall–Kier alpha value is -2.81. The minimum atomic E-state index is -0.279. The molecule has 0 spiro atoms. The summed E-state index contributed by atoms with van der Waals surface area (Å²) < 4.78 is 0. The molecule has 0 atom stereocenters. The number of benzene rings is 2. The molecule has 2 N–H and O–H groups in total. The number of nitriles is 1. The minimum Gasteiger partial charge on any atom is -0.325 e. The summed E-state index contributed by atoms with van der Waals surface area (Å²) in [6.07, 6.45) is 1.64. The van der Waals surface area contributed by atoms with Gasteiger partial charge in [-0.25, -0.2) is 0 Å². The predicted octanol–water partition coefficient (Wildman–Crippen LogP) is 4.97. The first kappa shape index (κ1) is 19.5. The molecule has 0 heterocycles. The number of allylic oxidation sites excluding steroid dienone is 1. The Morgan fingerprint density at radius 3 is 2.23 bits per heavy atom. The van der Waals surface area contributed by atoms with Crippen molar-refractivity contribution in [2.24, 2.45) is 0 Å². The fraction of sp³-hybridized carbons (Fsp3) is 0.105. The van der Waals surface area contributed by atoms with Crippen LogP contribution in [0.15, 0.2) is 36.4 Å². The number of halogens is 2. The zero-order chi connectivity index (χ0) is 19.3. The van der Waals surface area contributed by atoms with Crippen LogP contribution in [0.5, 0.6) is 0 Å². The number of carbonyl (C=O) groups is 2. The van der Waals surface area contributed by atoms with Gasteiger partial charge in [0.15, 0.2) is 0 Å². The molecule has 0 aliphatic carbocycles. The average Bonchev–Trinajstić information content (AvgIpc) is 2.54. The normalized spacial score (nSPS) is 10.8.